The van der Waals surface area contributed by atoms with Crippen LogP contribution in [-0.4, -0.2) is 50.5 Å². The van der Waals surface area contributed by atoms with Crippen LogP contribution in [0.1, 0.15) is 42.5 Å². The predicted molar refractivity (Wildman–Crippen MR) is 133 cm³/mol. The van der Waals surface area contributed by atoms with Crippen LogP contribution in [0.3, 0.4) is 0 Å². The summed E-state index contributed by atoms with van der Waals surface area (Å²) < 4.78 is 26.4. The van der Waals surface area contributed by atoms with E-state index in [0.29, 0.717) is 18.7 Å². The molecule has 0 heterocycles. The predicted octanol–water partition coefficient (Wildman–Crippen LogP) is 3.32. The molecule has 33 heavy (non-hydrogen) atoms. The second kappa shape index (κ2) is 11.3. The Labute approximate surface area is 197 Å². The molecule has 0 unspecified atom stereocenters. The zero-order valence-electron chi connectivity index (χ0n) is 20.4. The number of nitrogens with zero attached hydrogens (tertiary/aromatic N) is 2. The third-order valence-electron chi connectivity index (χ3n) is 5.35. The van der Waals surface area contributed by atoms with Gasteiger partial charge in [-0.2, -0.15) is 0 Å². The Bertz CT molecular complexity index is 1080. The number of amides is 2. The Balaban J connectivity index is 2.46. The second-order valence-electron chi connectivity index (χ2n) is 8.44. The maximum atomic E-state index is 13.6. The zero-order valence-corrected chi connectivity index (χ0v) is 21.2. The Morgan fingerprint density at radius 2 is 1.61 bits per heavy atom. The molecule has 0 fully saturated rings. The standard InChI is InChI=1S/C25H35N3O4S/c1-7-23(25(30)26-8-2)27(16-21-11-9-10-18(3)13-21)24(29)17-28(33(6,31)32)22-14-19(4)12-20(5)15-22/h9-15,23H,7-8,16-17H2,1-6H3,(H,26,30)/t23-/m1/s1. The van der Waals surface area contributed by atoms with Gasteiger partial charge < -0.3 is 10.2 Å². The molecule has 0 radical (unpaired) electrons. The fourth-order valence-corrected chi connectivity index (χ4v) is 4.76. The largest absolute Gasteiger partial charge is 0.355 e. The fraction of sp³-hybridized carbons (Fsp3) is 0.440. The lowest BCUT2D eigenvalue weighted by Crippen LogP contribution is -2.52. The van der Waals surface area contributed by atoms with Crippen molar-refractivity contribution in [2.75, 3.05) is 23.7 Å². The number of carbonyl (C=O) groups is 2. The summed E-state index contributed by atoms with van der Waals surface area (Å²) in [6, 6.07) is 12.4. The van der Waals surface area contributed by atoms with E-state index in [9.17, 15) is 18.0 Å². The first-order valence-electron chi connectivity index (χ1n) is 11.1. The molecule has 0 aliphatic carbocycles. The van der Waals surface area contributed by atoms with E-state index in [4.69, 9.17) is 0 Å². The van der Waals surface area contributed by atoms with E-state index in [1.54, 1.807) is 12.1 Å². The normalized spacial score (nSPS) is 12.2. The molecule has 0 bridgehead atoms. The monoisotopic (exact) mass is 473 g/mol. The number of hydrogen-bond donors (Lipinski definition) is 1. The van der Waals surface area contributed by atoms with Gasteiger partial charge in [-0.05, 0) is 62.9 Å². The van der Waals surface area contributed by atoms with Crippen molar-refractivity contribution < 1.29 is 18.0 Å². The number of benzene rings is 2. The minimum absolute atomic E-state index is 0.209. The number of nitrogens with one attached hydrogen (secondary N) is 1. The number of rotatable bonds is 10. The molecular weight excluding hydrogens is 438 g/mol. The minimum Gasteiger partial charge on any atom is -0.355 e. The van der Waals surface area contributed by atoms with Crippen LogP contribution >= 0.6 is 0 Å². The van der Waals surface area contributed by atoms with E-state index in [0.717, 1.165) is 32.8 Å². The number of hydrogen-bond acceptors (Lipinski definition) is 4. The maximum Gasteiger partial charge on any atom is 0.244 e. The SMILES string of the molecule is CCNC(=O)[C@@H](CC)N(Cc1cccc(C)c1)C(=O)CN(c1cc(C)cc(C)c1)S(C)(=O)=O. The molecule has 1 atom stereocenters. The van der Waals surface area contributed by atoms with Crippen LogP contribution in [-0.2, 0) is 26.2 Å². The van der Waals surface area contributed by atoms with Crippen molar-refractivity contribution in [1.29, 1.82) is 0 Å². The van der Waals surface area contributed by atoms with Crippen LogP contribution in [0.25, 0.3) is 0 Å². The van der Waals surface area contributed by atoms with Crippen molar-refractivity contribution in [2.24, 2.45) is 0 Å². The highest BCUT2D eigenvalue weighted by molar-refractivity contribution is 7.92. The Morgan fingerprint density at radius 3 is 2.12 bits per heavy atom. The van der Waals surface area contributed by atoms with Gasteiger partial charge >= 0.3 is 0 Å². The third kappa shape index (κ3) is 7.32. The number of likely N-dealkylation sites (N-methyl/N-ethyl adjacent to an activating group) is 1. The minimum atomic E-state index is -3.74. The summed E-state index contributed by atoms with van der Waals surface area (Å²) >= 11 is 0. The smallest absolute Gasteiger partial charge is 0.244 e. The summed E-state index contributed by atoms with van der Waals surface area (Å²) in [5.74, 6) is -0.683. The highest BCUT2D eigenvalue weighted by atomic mass is 32.2. The zero-order chi connectivity index (χ0) is 24.8. The van der Waals surface area contributed by atoms with Gasteiger partial charge in [-0.1, -0.05) is 42.8 Å². The van der Waals surface area contributed by atoms with Crippen LogP contribution in [0.4, 0.5) is 5.69 Å². The highest BCUT2D eigenvalue weighted by Crippen LogP contribution is 2.22. The van der Waals surface area contributed by atoms with Crippen molar-refractivity contribution in [3.8, 4) is 0 Å². The molecule has 8 heteroatoms. The Hall–Kier alpha value is -2.87. The first-order chi connectivity index (χ1) is 15.5. The van der Waals surface area contributed by atoms with Crippen LogP contribution in [0.15, 0.2) is 42.5 Å². The highest BCUT2D eigenvalue weighted by Gasteiger charge is 2.31. The quantitative estimate of drug-likeness (QED) is 0.574. The van der Waals surface area contributed by atoms with Gasteiger partial charge in [-0.25, -0.2) is 8.42 Å². The first-order valence-corrected chi connectivity index (χ1v) is 13.0. The van der Waals surface area contributed by atoms with E-state index in [1.807, 2.05) is 65.0 Å². The van der Waals surface area contributed by atoms with E-state index >= 15 is 0 Å². The molecule has 2 amide bonds. The molecule has 2 aromatic rings. The van der Waals surface area contributed by atoms with Gasteiger partial charge in [-0.3, -0.25) is 13.9 Å². The van der Waals surface area contributed by atoms with Crippen molar-refractivity contribution in [3.63, 3.8) is 0 Å². The molecule has 0 aliphatic rings. The van der Waals surface area contributed by atoms with Crippen LogP contribution < -0.4 is 9.62 Å². The number of carbonyl (C=O) groups excluding carboxylic acids is 2. The van der Waals surface area contributed by atoms with Gasteiger partial charge in [0.25, 0.3) is 0 Å². The fourth-order valence-electron chi connectivity index (χ4n) is 3.93. The van der Waals surface area contributed by atoms with Gasteiger partial charge in [0.1, 0.15) is 12.6 Å². The van der Waals surface area contributed by atoms with Crippen molar-refractivity contribution >= 4 is 27.5 Å². The van der Waals surface area contributed by atoms with E-state index in [2.05, 4.69) is 5.32 Å². The van der Waals surface area contributed by atoms with Crippen LogP contribution in [0.2, 0.25) is 0 Å². The third-order valence-corrected chi connectivity index (χ3v) is 6.49. The van der Waals surface area contributed by atoms with Crippen molar-refractivity contribution in [1.82, 2.24) is 10.2 Å². The topological polar surface area (TPSA) is 86.8 Å². The van der Waals surface area contributed by atoms with Crippen LogP contribution in [0, 0.1) is 20.8 Å². The van der Waals surface area contributed by atoms with Gasteiger partial charge in [0.2, 0.25) is 21.8 Å². The van der Waals surface area contributed by atoms with E-state index < -0.39 is 22.0 Å². The average molecular weight is 474 g/mol. The lowest BCUT2D eigenvalue weighted by atomic mass is 10.1. The summed E-state index contributed by atoms with van der Waals surface area (Å²) in [6.07, 6.45) is 1.50. The molecule has 180 valence electrons. The first kappa shape index (κ1) is 26.4. The Kier molecular flexibility index (Phi) is 9.05. The molecule has 7 nitrogen and oxygen atoms in total. The molecule has 0 aliphatic heterocycles. The summed E-state index contributed by atoms with van der Waals surface area (Å²) in [5.41, 5.74) is 4.15. The second-order valence-corrected chi connectivity index (χ2v) is 10.4. The molecule has 0 spiro atoms. The van der Waals surface area contributed by atoms with Crippen molar-refractivity contribution in [2.45, 2.75) is 53.6 Å². The summed E-state index contributed by atoms with van der Waals surface area (Å²) in [6.45, 7) is 9.65. The van der Waals surface area contributed by atoms with Gasteiger partial charge in [0.15, 0.2) is 0 Å². The maximum absolute atomic E-state index is 13.6. The van der Waals surface area contributed by atoms with Crippen LogP contribution in [0.5, 0.6) is 0 Å². The lowest BCUT2D eigenvalue weighted by molar-refractivity contribution is -0.140. The summed E-state index contributed by atoms with van der Waals surface area (Å²) in [7, 11) is -3.74. The molecule has 2 rings (SSSR count). The number of anilines is 1. The Morgan fingerprint density at radius 1 is 0.970 bits per heavy atom. The lowest BCUT2D eigenvalue weighted by Gasteiger charge is -2.33. The average Bonchev–Trinajstić information content (AvgIpc) is 2.70. The molecule has 0 saturated heterocycles. The van der Waals surface area contributed by atoms with Gasteiger partial charge in [0, 0.05) is 13.1 Å². The molecule has 1 N–H and O–H groups in total. The van der Waals surface area contributed by atoms with Gasteiger partial charge in [0.05, 0.1) is 11.9 Å². The van der Waals surface area contributed by atoms with E-state index in [1.165, 1.54) is 4.90 Å². The van der Waals surface area contributed by atoms with E-state index in [-0.39, 0.29) is 19.0 Å². The summed E-state index contributed by atoms with van der Waals surface area (Å²) in [5, 5.41) is 2.79. The molecular formula is C25H35N3O4S. The van der Waals surface area contributed by atoms with Gasteiger partial charge in [-0.15, -0.1) is 0 Å². The molecule has 0 saturated carbocycles. The number of sulfonamides is 1. The molecule has 2 aromatic carbocycles. The number of aryl methyl sites for hydroxylation is 3. The van der Waals surface area contributed by atoms with Crippen molar-refractivity contribution in [3.05, 3.63) is 64.7 Å². The summed E-state index contributed by atoms with van der Waals surface area (Å²) in [4.78, 5) is 27.9. The molecule has 0 aromatic heterocycles.